The quantitative estimate of drug-likeness (QED) is 0.884. The van der Waals surface area contributed by atoms with Gasteiger partial charge in [-0.25, -0.2) is 0 Å². The second-order valence-corrected chi connectivity index (χ2v) is 5.46. The largest absolute Gasteiger partial charge is 0.366 e. The number of rotatable bonds is 5. The Labute approximate surface area is 126 Å². The fraction of sp³-hybridized carbons (Fsp3) is 0.278. The first-order valence-electron chi connectivity index (χ1n) is 7.17. The Morgan fingerprint density at radius 1 is 1.14 bits per heavy atom. The van der Waals surface area contributed by atoms with Crippen LogP contribution in [0.5, 0.6) is 0 Å². The summed E-state index contributed by atoms with van der Waals surface area (Å²) in [6.45, 7) is 7.05. The van der Waals surface area contributed by atoms with Crippen molar-refractivity contribution in [3.05, 3.63) is 70.3 Å². The number of hydrogen-bond acceptors (Lipinski definition) is 2. The number of benzene rings is 2. The van der Waals surface area contributed by atoms with Crippen LogP contribution in [0.4, 0.5) is 0 Å². The van der Waals surface area contributed by atoms with Crippen molar-refractivity contribution in [2.24, 2.45) is 5.73 Å². The third-order valence-electron chi connectivity index (χ3n) is 3.88. The lowest BCUT2D eigenvalue weighted by atomic mass is 10.0. The van der Waals surface area contributed by atoms with Gasteiger partial charge in [-0.1, -0.05) is 30.3 Å². The molecule has 2 rings (SSSR count). The number of primary amides is 1. The van der Waals surface area contributed by atoms with E-state index in [2.05, 4.69) is 43.4 Å². The number of nitrogens with two attached hydrogens (primary N) is 1. The van der Waals surface area contributed by atoms with E-state index in [1.807, 2.05) is 19.1 Å². The molecule has 0 aliphatic carbocycles. The van der Waals surface area contributed by atoms with Crippen molar-refractivity contribution < 1.29 is 4.79 Å². The lowest BCUT2D eigenvalue weighted by Crippen LogP contribution is -2.19. The molecule has 2 aromatic rings. The van der Waals surface area contributed by atoms with Gasteiger partial charge in [0, 0.05) is 18.2 Å². The highest BCUT2D eigenvalue weighted by atomic mass is 16.1. The number of amides is 1. The molecule has 1 atom stereocenters. The molecule has 110 valence electrons. The van der Waals surface area contributed by atoms with E-state index in [4.69, 9.17) is 5.73 Å². The molecule has 0 spiro atoms. The molecule has 0 fully saturated rings. The topological polar surface area (TPSA) is 55.1 Å². The summed E-state index contributed by atoms with van der Waals surface area (Å²) in [5.41, 5.74) is 10.7. The fourth-order valence-corrected chi connectivity index (χ4v) is 2.49. The molecule has 3 N–H and O–H groups in total. The standard InChI is InChI=1S/C18H22N2O/c1-12-6-4-5-7-17(12)14(3)20-11-16-9-8-15(18(19)21)10-13(16)2/h4-10,14,20H,11H2,1-3H3,(H2,19,21)/t14-/m0/s1. The number of carbonyl (C=O) groups is 1. The predicted octanol–water partition coefficient (Wildman–Crippen LogP) is 3.25. The first kappa shape index (κ1) is 15.3. The van der Waals surface area contributed by atoms with Gasteiger partial charge in [0.1, 0.15) is 0 Å². The van der Waals surface area contributed by atoms with E-state index < -0.39 is 0 Å². The summed E-state index contributed by atoms with van der Waals surface area (Å²) < 4.78 is 0. The van der Waals surface area contributed by atoms with Crippen LogP contribution in [0.1, 0.15) is 45.6 Å². The van der Waals surface area contributed by atoms with Gasteiger partial charge in [-0.15, -0.1) is 0 Å². The Kier molecular flexibility index (Phi) is 4.76. The highest BCUT2D eigenvalue weighted by Crippen LogP contribution is 2.18. The molecule has 0 saturated heterocycles. The molecule has 0 aliphatic heterocycles. The molecule has 0 saturated carbocycles. The zero-order valence-electron chi connectivity index (χ0n) is 12.8. The molecule has 2 aromatic carbocycles. The van der Waals surface area contributed by atoms with Gasteiger partial charge >= 0.3 is 0 Å². The fourth-order valence-electron chi connectivity index (χ4n) is 2.49. The number of nitrogens with one attached hydrogen (secondary N) is 1. The van der Waals surface area contributed by atoms with Gasteiger partial charge in [-0.3, -0.25) is 4.79 Å². The van der Waals surface area contributed by atoms with Crippen molar-refractivity contribution in [3.63, 3.8) is 0 Å². The minimum Gasteiger partial charge on any atom is -0.366 e. The highest BCUT2D eigenvalue weighted by Gasteiger charge is 2.09. The lowest BCUT2D eigenvalue weighted by Gasteiger charge is -2.17. The summed E-state index contributed by atoms with van der Waals surface area (Å²) in [6, 6.07) is 14.3. The van der Waals surface area contributed by atoms with E-state index in [1.165, 1.54) is 16.7 Å². The van der Waals surface area contributed by atoms with Gasteiger partial charge in [0.25, 0.3) is 0 Å². The summed E-state index contributed by atoms with van der Waals surface area (Å²) in [5, 5.41) is 3.53. The Morgan fingerprint density at radius 3 is 2.48 bits per heavy atom. The first-order chi connectivity index (χ1) is 9.99. The van der Waals surface area contributed by atoms with Crippen molar-refractivity contribution in [1.29, 1.82) is 0 Å². The van der Waals surface area contributed by atoms with Crippen LogP contribution in [0.3, 0.4) is 0 Å². The van der Waals surface area contributed by atoms with Gasteiger partial charge < -0.3 is 11.1 Å². The molecule has 3 nitrogen and oxygen atoms in total. The number of hydrogen-bond donors (Lipinski definition) is 2. The normalized spacial score (nSPS) is 12.1. The molecule has 21 heavy (non-hydrogen) atoms. The third kappa shape index (κ3) is 3.70. The van der Waals surface area contributed by atoms with E-state index in [0.717, 1.165) is 12.1 Å². The SMILES string of the molecule is Cc1cc(C(N)=O)ccc1CN[C@@H](C)c1ccccc1C. The molecule has 0 aromatic heterocycles. The van der Waals surface area contributed by atoms with Gasteiger partial charge in [0.05, 0.1) is 0 Å². The van der Waals surface area contributed by atoms with Gasteiger partial charge in [0.15, 0.2) is 0 Å². The molecule has 0 bridgehead atoms. The smallest absolute Gasteiger partial charge is 0.248 e. The molecule has 1 amide bonds. The maximum atomic E-state index is 11.2. The molecule has 0 unspecified atom stereocenters. The summed E-state index contributed by atoms with van der Waals surface area (Å²) in [7, 11) is 0. The molecule has 0 heterocycles. The van der Waals surface area contributed by atoms with Crippen molar-refractivity contribution in [2.45, 2.75) is 33.4 Å². The van der Waals surface area contributed by atoms with E-state index in [0.29, 0.717) is 5.56 Å². The van der Waals surface area contributed by atoms with Gasteiger partial charge in [-0.05, 0) is 55.2 Å². The highest BCUT2D eigenvalue weighted by molar-refractivity contribution is 5.93. The Bertz CT molecular complexity index is 649. The maximum absolute atomic E-state index is 11.2. The second kappa shape index (κ2) is 6.55. The summed E-state index contributed by atoms with van der Waals surface area (Å²) in [6.07, 6.45) is 0. The van der Waals surface area contributed by atoms with Crippen LogP contribution in [-0.4, -0.2) is 5.91 Å². The Balaban J connectivity index is 2.06. The maximum Gasteiger partial charge on any atom is 0.248 e. The van der Waals surface area contributed by atoms with E-state index in [9.17, 15) is 4.79 Å². The zero-order chi connectivity index (χ0) is 15.4. The Hall–Kier alpha value is -2.13. The van der Waals surface area contributed by atoms with Crippen LogP contribution in [0, 0.1) is 13.8 Å². The monoisotopic (exact) mass is 282 g/mol. The van der Waals surface area contributed by atoms with Crippen LogP contribution in [0.15, 0.2) is 42.5 Å². The van der Waals surface area contributed by atoms with Crippen LogP contribution < -0.4 is 11.1 Å². The minimum absolute atomic E-state index is 0.279. The second-order valence-electron chi connectivity index (χ2n) is 5.46. The van der Waals surface area contributed by atoms with Crippen molar-refractivity contribution in [1.82, 2.24) is 5.32 Å². The van der Waals surface area contributed by atoms with Crippen LogP contribution in [0.25, 0.3) is 0 Å². The average molecular weight is 282 g/mol. The molecular formula is C18H22N2O. The van der Waals surface area contributed by atoms with Crippen LogP contribution in [-0.2, 0) is 6.54 Å². The zero-order valence-corrected chi connectivity index (χ0v) is 12.8. The summed E-state index contributed by atoms with van der Waals surface area (Å²) in [4.78, 5) is 11.2. The number of aryl methyl sites for hydroxylation is 2. The summed E-state index contributed by atoms with van der Waals surface area (Å²) >= 11 is 0. The minimum atomic E-state index is -0.383. The van der Waals surface area contributed by atoms with Crippen LogP contribution >= 0.6 is 0 Å². The first-order valence-corrected chi connectivity index (χ1v) is 7.17. The molecule has 0 aliphatic rings. The van der Waals surface area contributed by atoms with E-state index >= 15 is 0 Å². The third-order valence-corrected chi connectivity index (χ3v) is 3.88. The average Bonchev–Trinajstić information content (AvgIpc) is 2.46. The van der Waals surface area contributed by atoms with Crippen LogP contribution in [0.2, 0.25) is 0 Å². The van der Waals surface area contributed by atoms with Crippen molar-refractivity contribution in [2.75, 3.05) is 0 Å². The van der Waals surface area contributed by atoms with Gasteiger partial charge in [-0.2, -0.15) is 0 Å². The van der Waals surface area contributed by atoms with E-state index in [1.54, 1.807) is 6.07 Å². The molecule has 0 radical (unpaired) electrons. The molecule has 3 heteroatoms. The predicted molar refractivity (Wildman–Crippen MR) is 86.1 cm³/mol. The lowest BCUT2D eigenvalue weighted by molar-refractivity contribution is 0.1000. The van der Waals surface area contributed by atoms with E-state index in [-0.39, 0.29) is 11.9 Å². The summed E-state index contributed by atoms with van der Waals surface area (Å²) in [5.74, 6) is -0.383. The Morgan fingerprint density at radius 2 is 1.86 bits per heavy atom. The van der Waals surface area contributed by atoms with Crippen molar-refractivity contribution in [3.8, 4) is 0 Å². The number of carbonyl (C=O) groups excluding carboxylic acids is 1. The van der Waals surface area contributed by atoms with Gasteiger partial charge in [0.2, 0.25) is 5.91 Å². The van der Waals surface area contributed by atoms with Crippen molar-refractivity contribution >= 4 is 5.91 Å². The molecular weight excluding hydrogens is 260 g/mol.